The minimum absolute atomic E-state index is 0.0249. The zero-order chi connectivity index (χ0) is 42.6. The van der Waals surface area contributed by atoms with Crippen molar-refractivity contribution < 1.29 is 52.0 Å². The molecule has 0 spiro atoms. The molecule has 15 nitrogen and oxygen atoms in total. The Morgan fingerprint density at radius 3 is 2.38 bits per heavy atom. The highest BCUT2D eigenvalue weighted by molar-refractivity contribution is 7.85. The first-order valence-corrected chi connectivity index (χ1v) is 20.7. The monoisotopic (exact) mass is 843 g/mol. The van der Waals surface area contributed by atoms with Gasteiger partial charge in [0.15, 0.2) is 11.5 Å². The van der Waals surface area contributed by atoms with E-state index in [0.29, 0.717) is 47.7 Å². The fourth-order valence-corrected chi connectivity index (χ4v) is 7.07. The molecule has 0 aliphatic carbocycles. The molecule has 0 saturated heterocycles. The van der Waals surface area contributed by atoms with Crippen LogP contribution in [0.3, 0.4) is 0 Å². The van der Waals surface area contributed by atoms with Gasteiger partial charge in [0, 0.05) is 35.9 Å². The Labute approximate surface area is 351 Å². The van der Waals surface area contributed by atoms with Crippen molar-refractivity contribution in [1.29, 1.82) is 0 Å². The number of rotatable bonds is 19. The Balaban J connectivity index is 0.887. The van der Waals surface area contributed by atoms with E-state index in [9.17, 15) is 27.7 Å². The van der Waals surface area contributed by atoms with Gasteiger partial charge in [0.1, 0.15) is 21.9 Å². The minimum atomic E-state index is -4.69. The third kappa shape index (κ3) is 11.3. The molecule has 1 aliphatic rings. The number of ether oxygens (including phenoxy) is 4. The van der Waals surface area contributed by atoms with Gasteiger partial charge in [-0.2, -0.15) is 5.43 Å². The number of benzene rings is 4. The smallest absolute Gasteiger partial charge is 0.326 e. The number of nitrogens with two attached hydrogens (primary N) is 1. The van der Waals surface area contributed by atoms with Gasteiger partial charge >= 0.3 is 5.97 Å². The van der Waals surface area contributed by atoms with Crippen molar-refractivity contribution in [3.8, 4) is 45.5 Å². The van der Waals surface area contributed by atoms with Crippen LogP contribution < -0.4 is 29.7 Å². The summed E-state index contributed by atoms with van der Waals surface area (Å²) in [5.41, 5.74) is 5.83. The number of unbranched alkanes of at least 4 members (excludes halogenated alkanes) is 2. The molecule has 2 aromatic heterocycles. The fraction of sp³-hybridized carbons (Fsp3) is 0.178. The molecule has 0 saturated carbocycles. The van der Waals surface area contributed by atoms with Gasteiger partial charge in [-0.3, -0.25) is 4.79 Å². The van der Waals surface area contributed by atoms with Crippen LogP contribution in [-0.2, 0) is 21.3 Å². The van der Waals surface area contributed by atoms with Crippen LogP contribution in [0.2, 0.25) is 0 Å². The molecular weight excluding hydrogens is 803 g/mol. The minimum Gasteiger partial charge on any atom is -0.744 e. The maximum Gasteiger partial charge on any atom is 0.326 e. The van der Waals surface area contributed by atoms with Crippen molar-refractivity contribution in [2.45, 2.75) is 36.6 Å². The number of carboxylic acid groups (broad SMARTS) is 1. The normalized spacial score (nSPS) is 12.5. The van der Waals surface area contributed by atoms with E-state index in [-0.39, 0.29) is 24.3 Å². The largest absolute Gasteiger partial charge is 0.744 e. The average Bonchev–Trinajstić information content (AvgIpc) is 3.75. The van der Waals surface area contributed by atoms with E-state index in [1.807, 2.05) is 60.7 Å². The number of carbonyl (C=O) groups is 2. The Kier molecular flexibility index (Phi) is 13.6. The van der Waals surface area contributed by atoms with Crippen LogP contribution in [0.15, 0.2) is 138 Å². The van der Waals surface area contributed by atoms with Crippen LogP contribution in [0, 0.1) is 0 Å². The third-order valence-corrected chi connectivity index (χ3v) is 10.4. The van der Waals surface area contributed by atoms with E-state index < -0.39 is 32.9 Å². The summed E-state index contributed by atoms with van der Waals surface area (Å²) in [7, 11) is -4.69. The molecule has 1 amide bonds. The van der Waals surface area contributed by atoms with Crippen molar-refractivity contribution in [1.82, 2.24) is 15.3 Å². The summed E-state index contributed by atoms with van der Waals surface area (Å²) >= 11 is 0. The van der Waals surface area contributed by atoms with Gasteiger partial charge in [0.25, 0.3) is 11.7 Å². The molecule has 0 bridgehead atoms. The van der Waals surface area contributed by atoms with Crippen LogP contribution in [0.5, 0.6) is 23.1 Å². The van der Waals surface area contributed by atoms with E-state index >= 15 is 0 Å². The maximum atomic E-state index is 13.1. The number of fused-ring (bicyclic) bond motifs is 1. The molecule has 4 aromatic carbocycles. The number of quaternary nitrogens is 1. The lowest BCUT2D eigenvalue weighted by Crippen LogP contribution is -2.71. The Morgan fingerprint density at radius 1 is 0.836 bits per heavy atom. The molecule has 61 heavy (non-hydrogen) atoms. The van der Waals surface area contributed by atoms with Crippen LogP contribution >= 0.6 is 0 Å². The zero-order valence-electron chi connectivity index (χ0n) is 32.7. The van der Waals surface area contributed by atoms with Crippen LogP contribution in [0.25, 0.3) is 22.4 Å². The van der Waals surface area contributed by atoms with Gasteiger partial charge in [-0.25, -0.2) is 23.2 Å². The molecule has 0 unspecified atom stereocenters. The molecule has 312 valence electrons. The molecule has 3 heterocycles. The first kappa shape index (κ1) is 42.0. The highest BCUT2D eigenvalue weighted by Crippen LogP contribution is 2.37. The second-order valence-corrected chi connectivity index (χ2v) is 15.2. The van der Waals surface area contributed by atoms with Gasteiger partial charge in [0.2, 0.25) is 12.7 Å². The number of nitrogens with zero attached hydrogens (tertiary/aromatic N) is 3. The van der Waals surface area contributed by atoms with Crippen molar-refractivity contribution in [2.24, 2.45) is 5.10 Å². The van der Waals surface area contributed by atoms with E-state index in [4.69, 9.17) is 23.9 Å². The summed E-state index contributed by atoms with van der Waals surface area (Å²) in [5, 5.41) is 16.6. The number of carboxylic acids is 1. The van der Waals surface area contributed by atoms with Crippen molar-refractivity contribution in [3.63, 3.8) is 0 Å². The molecule has 7 rings (SSSR count). The molecule has 6 aromatic rings. The molecule has 16 heteroatoms. The average molecular weight is 844 g/mol. The standard InChI is InChI=1S/C45H41N5O10S/c51-44(34-18-20-42(46-27-34)50-47-28-33-14-6-8-16-41(33)61(54,55)56)49-37(45(52)53)23-32-13-5-7-15-38(32)57-21-9-2-10-22-58-43-26-35(24-36(48-43)30-11-3-1-4-12-30)31-17-19-39-40(25-31)60-29-59-39/h1,3-8,11-20,24-28,37H,2,9-10,21-23,29H2,(H,46,50)(H,49,51)(H,52,53)(H,54,55,56)/b47-28+/t37-/m0/s1. The summed E-state index contributed by atoms with van der Waals surface area (Å²) in [4.78, 5) is 33.9. The number of nitrogens with one attached hydrogen (secondary N) is 1. The zero-order valence-corrected chi connectivity index (χ0v) is 33.5. The van der Waals surface area contributed by atoms with E-state index in [2.05, 4.69) is 15.4 Å². The van der Waals surface area contributed by atoms with Crippen molar-refractivity contribution >= 4 is 34.0 Å². The maximum absolute atomic E-state index is 13.1. The molecule has 0 fully saturated rings. The Morgan fingerprint density at radius 2 is 1.59 bits per heavy atom. The van der Waals surface area contributed by atoms with Crippen LogP contribution in [-0.4, -0.2) is 72.2 Å². The number of amides is 1. The van der Waals surface area contributed by atoms with Gasteiger partial charge < -0.3 is 33.9 Å². The first-order chi connectivity index (χ1) is 29.6. The summed E-state index contributed by atoms with van der Waals surface area (Å²) in [6.45, 7) is 1.03. The van der Waals surface area contributed by atoms with Crippen molar-refractivity contribution in [2.75, 3.05) is 20.0 Å². The fourth-order valence-electron chi connectivity index (χ4n) is 6.42. The quantitative estimate of drug-likeness (QED) is 0.0293. The predicted molar refractivity (Wildman–Crippen MR) is 223 cm³/mol. The highest BCUT2D eigenvalue weighted by atomic mass is 32.2. The summed E-state index contributed by atoms with van der Waals surface area (Å²) in [5.74, 6) is 0.910. The highest BCUT2D eigenvalue weighted by Gasteiger charge is 2.23. The van der Waals surface area contributed by atoms with E-state index in [0.717, 1.165) is 41.6 Å². The van der Waals surface area contributed by atoms with Crippen LogP contribution in [0.1, 0.15) is 40.7 Å². The summed E-state index contributed by atoms with van der Waals surface area (Å²) in [6, 6.07) is 34.1. The van der Waals surface area contributed by atoms with Crippen LogP contribution in [0.4, 0.5) is 5.82 Å². The molecule has 1 atom stereocenters. The second kappa shape index (κ2) is 19.7. The molecule has 1 aliphatic heterocycles. The summed E-state index contributed by atoms with van der Waals surface area (Å²) in [6.07, 6.45) is 4.73. The number of hydrogen-bond acceptors (Lipinski definition) is 12. The number of hydrogen-bond donors (Lipinski definition) is 3. The molecular formula is C45H41N5O10S. The van der Waals surface area contributed by atoms with Gasteiger partial charge in [-0.15, -0.1) is 0 Å². The van der Waals surface area contributed by atoms with E-state index in [1.165, 1.54) is 48.2 Å². The summed E-state index contributed by atoms with van der Waals surface area (Å²) < 4.78 is 57.8. The molecule has 4 N–H and O–H groups in total. The van der Waals surface area contributed by atoms with Gasteiger partial charge in [-0.05, 0) is 72.4 Å². The SMILES string of the molecule is O=C(N[C@@H](Cc1ccccc1OCCCCCOc1cc(-c2ccc3c(c2)OCO3)cc(-c2ccccc2)n1)C(=O)O)c1ccc([NH2+]/N=C/c2ccccc2S(=O)(=O)[O-])nc1. The topological polar surface area (TPSA) is 215 Å². The Bertz CT molecular complexity index is 2630. The van der Waals surface area contributed by atoms with E-state index in [1.54, 1.807) is 30.3 Å². The lowest BCUT2D eigenvalue weighted by Gasteiger charge is -2.17. The number of para-hydroxylation sites is 1. The number of aromatic nitrogens is 2. The second-order valence-electron chi connectivity index (χ2n) is 13.8. The first-order valence-electron chi connectivity index (χ1n) is 19.3. The lowest BCUT2D eigenvalue weighted by atomic mass is 10.0. The number of carbonyl (C=O) groups excluding carboxylic acids is 1. The Hall–Kier alpha value is -7.14. The number of aliphatic carboxylic acids is 1. The lowest BCUT2D eigenvalue weighted by molar-refractivity contribution is -0.580. The van der Waals surface area contributed by atoms with Crippen molar-refractivity contribution in [3.05, 3.63) is 144 Å². The third-order valence-electron chi connectivity index (χ3n) is 9.53. The predicted octanol–water partition coefficient (Wildman–Crippen LogP) is 5.73. The number of pyridine rings is 2. The molecule has 0 radical (unpaired) electrons. The van der Waals surface area contributed by atoms with Gasteiger partial charge in [0.05, 0.1) is 35.6 Å². The van der Waals surface area contributed by atoms with Gasteiger partial charge in [-0.1, -0.05) is 77.9 Å².